The van der Waals surface area contributed by atoms with Gasteiger partial charge in [-0.15, -0.1) is 0 Å². The Balaban J connectivity index is 1.79. The van der Waals surface area contributed by atoms with Gasteiger partial charge in [0.25, 0.3) is 0 Å². The molecule has 0 radical (unpaired) electrons. The molecular weight excluding hydrogens is 554 g/mol. The summed E-state index contributed by atoms with van der Waals surface area (Å²) in [5, 5.41) is 22.7. The molecule has 2 aromatic carbocycles. The number of pyridine rings is 1. The average molecular weight is 589 g/mol. The van der Waals surface area contributed by atoms with Crippen molar-refractivity contribution < 1.29 is 42.8 Å². The smallest absolute Gasteiger partial charge is 0.349 e. The third-order valence-electron chi connectivity index (χ3n) is 6.82. The molecule has 10 nitrogen and oxygen atoms in total. The lowest BCUT2D eigenvalue weighted by Crippen LogP contribution is -2.47. The van der Waals surface area contributed by atoms with Gasteiger partial charge in [0.15, 0.2) is 11.6 Å². The number of aliphatic hydroxyl groups is 2. The fraction of sp³-hybridized carbons (Fsp3) is 0.433. The van der Waals surface area contributed by atoms with Crippen LogP contribution in [0.5, 0.6) is 5.75 Å². The average Bonchev–Trinajstić information content (AvgIpc) is 3.34. The van der Waals surface area contributed by atoms with Crippen LogP contribution in [0.15, 0.2) is 47.4 Å². The van der Waals surface area contributed by atoms with Crippen molar-refractivity contribution in [2.24, 2.45) is 0 Å². The van der Waals surface area contributed by atoms with Gasteiger partial charge in [-0.2, -0.15) is 4.39 Å². The lowest BCUT2D eigenvalue weighted by atomic mass is 9.98. The highest BCUT2D eigenvalue weighted by Gasteiger charge is 2.45. The van der Waals surface area contributed by atoms with Gasteiger partial charge >= 0.3 is 11.9 Å². The van der Waals surface area contributed by atoms with Crippen LogP contribution in [0.4, 0.5) is 8.78 Å². The molecule has 0 amide bonds. The van der Waals surface area contributed by atoms with Gasteiger partial charge in [0.2, 0.25) is 17.3 Å². The summed E-state index contributed by atoms with van der Waals surface area (Å²) in [6.07, 6.45) is -0.608. The molecule has 1 aliphatic heterocycles. The Morgan fingerprint density at radius 3 is 2.50 bits per heavy atom. The van der Waals surface area contributed by atoms with E-state index >= 15 is 4.39 Å². The van der Waals surface area contributed by atoms with Crippen molar-refractivity contribution >= 4 is 22.8 Å². The number of hydrogen-bond donors (Lipinski definition) is 3. The maximum Gasteiger partial charge on any atom is 0.349 e. The number of fused-ring (bicyclic) bond motifs is 1. The van der Waals surface area contributed by atoms with Gasteiger partial charge in [-0.05, 0) is 45.7 Å². The molecular formula is C30H34F2N2O8. The molecule has 4 rings (SSSR count). The zero-order valence-electron chi connectivity index (χ0n) is 23.8. The minimum atomic E-state index is -1.61. The van der Waals surface area contributed by atoms with Crippen LogP contribution >= 0.6 is 0 Å². The third-order valence-corrected chi connectivity index (χ3v) is 6.82. The van der Waals surface area contributed by atoms with E-state index in [0.29, 0.717) is 11.6 Å². The molecule has 42 heavy (non-hydrogen) atoms. The number of carbonyl (C=O) groups excluding carboxylic acids is 2. The third kappa shape index (κ3) is 6.61. The fourth-order valence-electron chi connectivity index (χ4n) is 4.77. The fourth-order valence-corrected chi connectivity index (χ4v) is 4.77. The van der Waals surface area contributed by atoms with Crippen LogP contribution in [0, 0.1) is 11.6 Å². The van der Waals surface area contributed by atoms with Gasteiger partial charge in [0, 0.05) is 19.3 Å². The predicted octanol–water partition coefficient (Wildman–Crippen LogP) is 2.83. The maximum atomic E-state index is 15.4. The van der Waals surface area contributed by atoms with Crippen LogP contribution < -0.4 is 15.5 Å². The van der Waals surface area contributed by atoms with Gasteiger partial charge in [-0.25, -0.2) is 14.0 Å². The maximum absolute atomic E-state index is 15.4. The first-order valence-corrected chi connectivity index (χ1v) is 13.5. The first-order chi connectivity index (χ1) is 19.8. The molecule has 12 heteroatoms. The van der Waals surface area contributed by atoms with E-state index in [1.807, 2.05) is 0 Å². The van der Waals surface area contributed by atoms with Crippen molar-refractivity contribution in [2.75, 3.05) is 13.2 Å². The van der Waals surface area contributed by atoms with Crippen molar-refractivity contribution in [3.8, 4) is 5.75 Å². The lowest BCUT2D eigenvalue weighted by Gasteiger charge is -2.29. The summed E-state index contributed by atoms with van der Waals surface area (Å²) in [4.78, 5) is 39.6. The molecule has 0 bridgehead atoms. The molecule has 0 saturated carbocycles. The van der Waals surface area contributed by atoms with Gasteiger partial charge < -0.3 is 34.3 Å². The Morgan fingerprint density at radius 1 is 1.21 bits per heavy atom. The molecule has 1 aromatic heterocycles. The topological polar surface area (TPSA) is 136 Å². The van der Waals surface area contributed by atoms with E-state index in [1.54, 1.807) is 58.0 Å². The molecule has 3 atom stereocenters. The number of nitrogens with zero attached hydrogens (tertiary/aromatic N) is 1. The molecule has 1 saturated heterocycles. The van der Waals surface area contributed by atoms with Crippen molar-refractivity contribution in [2.45, 2.75) is 70.6 Å². The number of benzene rings is 2. The summed E-state index contributed by atoms with van der Waals surface area (Å²) in [5.41, 5.74) is -3.38. The monoisotopic (exact) mass is 588 g/mol. The van der Waals surface area contributed by atoms with Crippen LogP contribution in [-0.4, -0.2) is 63.2 Å². The minimum absolute atomic E-state index is 0.0974. The van der Waals surface area contributed by atoms with Crippen LogP contribution in [0.3, 0.4) is 0 Å². The number of β-amino-alcohol motifs (C(OH)–C–C–N with tert-alkyl or cyclic N) is 1. The Kier molecular flexibility index (Phi) is 9.00. The highest BCUT2D eigenvalue weighted by molar-refractivity contribution is 5.95. The SMILES string of the molecule is CCn1cc(C(=O)OCc2ccccc2)c(=O)c2cc(F)c(F)c(OC(C(=O)OC(C)(C)C)[C@@H]3C[C@@](O)(CO)CN3)c21. The number of rotatable bonds is 9. The first kappa shape index (κ1) is 31.1. The van der Waals surface area contributed by atoms with E-state index in [2.05, 4.69) is 5.32 Å². The number of carbonyl (C=O) groups is 2. The number of ether oxygens (including phenoxy) is 3. The lowest BCUT2D eigenvalue weighted by molar-refractivity contribution is -0.165. The van der Waals surface area contributed by atoms with Crippen molar-refractivity contribution in [3.63, 3.8) is 0 Å². The van der Waals surface area contributed by atoms with Crippen LogP contribution in [-0.2, 0) is 27.4 Å². The highest BCUT2D eigenvalue weighted by Crippen LogP contribution is 2.33. The molecule has 3 N–H and O–H groups in total. The Labute approximate surface area is 240 Å². The zero-order valence-corrected chi connectivity index (χ0v) is 23.8. The number of hydrogen-bond acceptors (Lipinski definition) is 9. The second-order valence-electron chi connectivity index (χ2n) is 11.3. The second kappa shape index (κ2) is 12.2. The second-order valence-corrected chi connectivity index (χ2v) is 11.3. The molecule has 0 aliphatic carbocycles. The molecule has 1 aliphatic rings. The normalized spacial score (nSPS) is 19.5. The molecule has 3 aromatic rings. The Hall–Kier alpha value is -3.87. The zero-order chi connectivity index (χ0) is 30.8. The van der Waals surface area contributed by atoms with Crippen LogP contribution in [0.2, 0.25) is 0 Å². The number of aliphatic hydroxyl groups excluding tert-OH is 1. The van der Waals surface area contributed by atoms with Gasteiger partial charge in [-0.3, -0.25) is 4.79 Å². The number of halogens is 2. The van der Waals surface area contributed by atoms with E-state index in [-0.39, 0.29) is 37.0 Å². The molecule has 1 unspecified atom stereocenters. The number of nitrogens with one attached hydrogen (secondary N) is 1. The van der Waals surface area contributed by atoms with E-state index in [9.17, 15) is 29.0 Å². The predicted molar refractivity (Wildman–Crippen MR) is 148 cm³/mol. The molecule has 1 fully saturated rings. The van der Waals surface area contributed by atoms with Gasteiger partial charge in [-0.1, -0.05) is 30.3 Å². The number of aromatic nitrogens is 1. The Morgan fingerprint density at radius 2 is 1.90 bits per heavy atom. The number of esters is 2. The van der Waals surface area contributed by atoms with Crippen LogP contribution in [0.1, 0.15) is 50.0 Å². The van der Waals surface area contributed by atoms with E-state index in [0.717, 1.165) is 0 Å². The standard InChI is InChI=1S/C30H34F2N2O8/c1-5-34-13-19(27(37)40-14-17-9-7-6-8-10-17)24(36)18-11-20(31)22(32)26(23(18)34)41-25(28(38)42-29(2,3)4)21-12-30(39,16-35)15-33-21/h6-11,13,21,25,33,35,39H,5,12,14-16H2,1-4H3/t21-,25?,30-/m0/s1. The van der Waals surface area contributed by atoms with Crippen LogP contribution in [0.25, 0.3) is 10.9 Å². The van der Waals surface area contributed by atoms with E-state index < -0.39 is 70.3 Å². The van der Waals surface area contributed by atoms with Crippen molar-refractivity contribution in [1.29, 1.82) is 0 Å². The summed E-state index contributed by atoms with van der Waals surface area (Å²) in [7, 11) is 0. The quantitative estimate of drug-likeness (QED) is 0.323. The number of aryl methyl sites for hydroxylation is 1. The summed E-state index contributed by atoms with van der Waals surface area (Å²) in [6.45, 7) is 5.75. The van der Waals surface area contributed by atoms with E-state index in [4.69, 9.17) is 14.2 Å². The van der Waals surface area contributed by atoms with E-state index in [1.165, 1.54) is 10.8 Å². The summed E-state index contributed by atoms with van der Waals surface area (Å²) >= 11 is 0. The summed E-state index contributed by atoms with van der Waals surface area (Å²) < 4.78 is 48.4. The van der Waals surface area contributed by atoms with Gasteiger partial charge in [0.1, 0.15) is 23.4 Å². The molecule has 2 heterocycles. The van der Waals surface area contributed by atoms with Crippen molar-refractivity contribution in [1.82, 2.24) is 9.88 Å². The molecule has 0 spiro atoms. The summed E-state index contributed by atoms with van der Waals surface area (Å²) in [5.74, 6) is -5.55. The highest BCUT2D eigenvalue weighted by atomic mass is 19.2. The molecule has 226 valence electrons. The first-order valence-electron chi connectivity index (χ1n) is 13.5. The Bertz CT molecular complexity index is 1540. The van der Waals surface area contributed by atoms with Gasteiger partial charge in [0.05, 0.1) is 23.6 Å². The largest absolute Gasteiger partial charge is 0.472 e. The minimum Gasteiger partial charge on any atom is -0.472 e. The van der Waals surface area contributed by atoms with Crippen molar-refractivity contribution in [3.05, 3.63) is 75.6 Å². The summed E-state index contributed by atoms with van der Waals surface area (Å²) in [6, 6.07) is 8.49.